The summed E-state index contributed by atoms with van der Waals surface area (Å²) < 4.78 is 0. The molecular formula is C16H24N4O. The monoisotopic (exact) mass is 288 g/mol. The van der Waals surface area contributed by atoms with Crippen molar-refractivity contribution in [3.63, 3.8) is 0 Å². The number of hydrogen-bond donors (Lipinski definition) is 2. The third-order valence-electron chi connectivity index (χ3n) is 3.51. The van der Waals surface area contributed by atoms with Crippen LogP contribution in [0.4, 0.5) is 5.69 Å². The van der Waals surface area contributed by atoms with Gasteiger partial charge in [0.15, 0.2) is 5.65 Å². The summed E-state index contributed by atoms with van der Waals surface area (Å²) >= 11 is 0. The van der Waals surface area contributed by atoms with E-state index in [1.807, 2.05) is 13.0 Å². The number of hydrogen-bond acceptors (Lipinski definition) is 3. The van der Waals surface area contributed by atoms with Crippen molar-refractivity contribution in [1.29, 1.82) is 0 Å². The number of aryl methyl sites for hydroxylation is 2. The topological polar surface area (TPSA) is 70.7 Å². The summed E-state index contributed by atoms with van der Waals surface area (Å²) in [4.78, 5) is 24.1. The third kappa shape index (κ3) is 4.03. The molecule has 0 aliphatic carbocycles. The predicted octanol–water partition coefficient (Wildman–Crippen LogP) is 3.74. The SMILES string of the molecule is CCCCC(=O)Nc1cc2[nH]c(CCCC)nc2nc1C. The van der Waals surface area contributed by atoms with Gasteiger partial charge in [-0.1, -0.05) is 26.7 Å². The molecule has 2 heterocycles. The van der Waals surface area contributed by atoms with Gasteiger partial charge in [0.2, 0.25) is 5.91 Å². The summed E-state index contributed by atoms with van der Waals surface area (Å²) in [5.74, 6) is 1.01. The number of carbonyl (C=O) groups is 1. The van der Waals surface area contributed by atoms with Crippen LogP contribution in [0, 0.1) is 6.92 Å². The number of rotatable bonds is 7. The standard InChI is InChI=1S/C16H24N4O/c1-4-6-8-14-18-13-10-12(11(3)17-16(13)20-14)19-15(21)9-7-5-2/h10H,4-9H2,1-3H3,(H,19,21)(H,17,18,20). The predicted molar refractivity (Wildman–Crippen MR) is 85.4 cm³/mol. The van der Waals surface area contributed by atoms with E-state index in [-0.39, 0.29) is 5.91 Å². The van der Waals surface area contributed by atoms with E-state index >= 15 is 0 Å². The zero-order chi connectivity index (χ0) is 15.2. The van der Waals surface area contributed by atoms with Crippen molar-refractivity contribution in [3.8, 4) is 0 Å². The average Bonchev–Trinajstić information content (AvgIpc) is 2.85. The molecule has 0 spiro atoms. The maximum atomic E-state index is 11.8. The van der Waals surface area contributed by atoms with Gasteiger partial charge in [-0.15, -0.1) is 0 Å². The highest BCUT2D eigenvalue weighted by molar-refractivity contribution is 5.93. The number of carbonyl (C=O) groups excluding carboxylic acids is 1. The molecule has 1 amide bonds. The number of pyridine rings is 1. The number of amides is 1. The second-order valence-corrected chi connectivity index (χ2v) is 5.43. The summed E-state index contributed by atoms with van der Waals surface area (Å²) in [7, 11) is 0. The number of unbranched alkanes of at least 4 members (excludes halogenated alkanes) is 2. The van der Waals surface area contributed by atoms with Gasteiger partial charge in [0.1, 0.15) is 5.82 Å². The van der Waals surface area contributed by atoms with Crippen LogP contribution in [0.15, 0.2) is 6.07 Å². The molecule has 2 rings (SSSR count). The minimum atomic E-state index is 0.0480. The van der Waals surface area contributed by atoms with Crippen molar-refractivity contribution >= 4 is 22.8 Å². The molecule has 114 valence electrons. The Hall–Kier alpha value is -1.91. The van der Waals surface area contributed by atoms with Crippen molar-refractivity contribution in [3.05, 3.63) is 17.6 Å². The number of imidazole rings is 1. The van der Waals surface area contributed by atoms with E-state index in [1.54, 1.807) is 0 Å². The minimum absolute atomic E-state index is 0.0480. The molecule has 2 N–H and O–H groups in total. The van der Waals surface area contributed by atoms with E-state index in [9.17, 15) is 4.79 Å². The Morgan fingerprint density at radius 2 is 2.00 bits per heavy atom. The summed E-state index contributed by atoms with van der Waals surface area (Å²) in [6.07, 6.45) is 5.67. The zero-order valence-corrected chi connectivity index (χ0v) is 13.1. The van der Waals surface area contributed by atoms with E-state index in [0.717, 1.165) is 60.5 Å². The average molecular weight is 288 g/mol. The first-order chi connectivity index (χ1) is 10.1. The molecule has 5 nitrogen and oxygen atoms in total. The summed E-state index contributed by atoms with van der Waals surface area (Å²) in [5.41, 5.74) is 3.19. The first kappa shape index (κ1) is 15.5. The smallest absolute Gasteiger partial charge is 0.224 e. The van der Waals surface area contributed by atoms with Crippen LogP contribution in [0.2, 0.25) is 0 Å². The zero-order valence-electron chi connectivity index (χ0n) is 13.1. The molecule has 2 aromatic heterocycles. The molecule has 0 aromatic carbocycles. The molecule has 21 heavy (non-hydrogen) atoms. The Bertz CT molecular complexity index is 618. The highest BCUT2D eigenvalue weighted by atomic mass is 16.1. The Labute approximate surface area is 125 Å². The highest BCUT2D eigenvalue weighted by Crippen LogP contribution is 2.20. The fraction of sp³-hybridized carbons (Fsp3) is 0.562. The van der Waals surface area contributed by atoms with Crippen LogP contribution in [-0.2, 0) is 11.2 Å². The Balaban J connectivity index is 2.16. The van der Waals surface area contributed by atoms with Crippen LogP contribution in [0.3, 0.4) is 0 Å². The first-order valence-electron chi connectivity index (χ1n) is 7.80. The van der Waals surface area contributed by atoms with E-state index in [4.69, 9.17) is 0 Å². The van der Waals surface area contributed by atoms with Gasteiger partial charge in [-0.3, -0.25) is 4.79 Å². The molecule has 0 bridgehead atoms. The lowest BCUT2D eigenvalue weighted by atomic mass is 10.2. The van der Waals surface area contributed by atoms with Crippen molar-refractivity contribution in [2.45, 2.75) is 59.3 Å². The quantitative estimate of drug-likeness (QED) is 0.815. The molecule has 0 saturated heterocycles. The van der Waals surface area contributed by atoms with E-state index in [0.29, 0.717) is 6.42 Å². The van der Waals surface area contributed by atoms with Crippen LogP contribution in [0.1, 0.15) is 57.5 Å². The molecule has 0 aliphatic heterocycles. The van der Waals surface area contributed by atoms with Gasteiger partial charge in [-0.05, 0) is 25.8 Å². The minimum Gasteiger partial charge on any atom is -0.341 e. The van der Waals surface area contributed by atoms with Gasteiger partial charge in [-0.25, -0.2) is 9.97 Å². The molecule has 2 aromatic rings. The fourth-order valence-corrected chi connectivity index (χ4v) is 2.22. The first-order valence-corrected chi connectivity index (χ1v) is 7.80. The Morgan fingerprint density at radius 1 is 1.24 bits per heavy atom. The number of nitrogens with zero attached hydrogens (tertiary/aromatic N) is 2. The number of H-pyrrole nitrogens is 1. The third-order valence-corrected chi connectivity index (χ3v) is 3.51. The van der Waals surface area contributed by atoms with E-state index in [2.05, 4.69) is 34.1 Å². The molecule has 5 heteroatoms. The number of fused-ring (bicyclic) bond motifs is 1. The van der Waals surface area contributed by atoms with Crippen LogP contribution >= 0.6 is 0 Å². The maximum absolute atomic E-state index is 11.8. The maximum Gasteiger partial charge on any atom is 0.224 e. The van der Waals surface area contributed by atoms with E-state index in [1.165, 1.54) is 0 Å². The fourth-order valence-electron chi connectivity index (χ4n) is 2.22. The lowest BCUT2D eigenvalue weighted by Crippen LogP contribution is -2.12. The molecule has 0 saturated carbocycles. The normalized spacial score (nSPS) is 11.0. The largest absolute Gasteiger partial charge is 0.341 e. The molecule has 0 unspecified atom stereocenters. The van der Waals surface area contributed by atoms with Gasteiger partial charge in [-0.2, -0.15) is 0 Å². The van der Waals surface area contributed by atoms with E-state index < -0.39 is 0 Å². The molecule has 0 radical (unpaired) electrons. The van der Waals surface area contributed by atoms with Crippen LogP contribution < -0.4 is 5.32 Å². The lowest BCUT2D eigenvalue weighted by Gasteiger charge is -2.07. The van der Waals surface area contributed by atoms with Crippen LogP contribution in [-0.4, -0.2) is 20.9 Å². The second kappa shape index (κ2) is 7.20. The number of nitrogens with one attached hydrogen (secondary N) is 2. The molecule has 0 atom stereocenters. The highest BCUT2D eigenvalue weighted by Gasteiger charge is 2.10. The number of aromatic nitrogens is 3. The van der Waals surface area contributed by atoms with Gasteiger partial charge in [0.25, 0.3) is 0 Å². The van der Waals surface area contributed by atoms with Gasteiger partial charge >= 0.3 is 0 Å². The van der Waals surface area contributed by atoms with Crippen molar-refractivity contribution in [2.24, 2.45) is 0 Å². The Morgan fingerprint density at radius 3 is 2.71 bits per heavy atom. The van der Waals surface area contributed by atoms with Crippen LogP contribution in [0.25, 0.3) is 11.2 Å². The Kier molecular flexibility index (Phi) is 5.31. The molecular weight excluding hydrogens is 264 g/mol. The molecule has 0 fully saturated rings. The lowest BCUT2D eigenvalue weighted by molar-refractivity contribution is -0.116. The summed E-state index contributed by atoms with van der Waals surface area (Å²) in [6, 6.07) is 1.93. The van der Waals surface area contributed by atoms with Crippen LogP contribution in [0.5, 0.6) is 0 Å². The second-order valence-electron chi connectivity index (χ2n) is 5.43. The summed E-state index contributed by atoms with van der Waals surface area (Å²) in [5, 5.41) is 2.94. The van der Waals surface area contributed by atoms with Crippen molar-refractivity contribution < 1.29 is 4.79 Å². The number of anilines is 1. The van der Waals surface area contributed by atoms with Gasteiger partial charge in [0.05, 0.1) is 16.9 Å². The number of aromatic amines is 1. The molecule has 0 aliphatic rings. The van der Waals surface area contributed by atoms with Crippen molar-refractivity contribution in [2.75, 3.05) is 5.32 Å². The van der Waals surface area contributed by atoms with Crippen molar-refractivity contribution in [1.82, 2.24) is 15.0 Å². The van der Waals surface area contributed by atoms with Gasteiger partial charge < -0.3 is 10.3 Å². The van der Waals surface area contributed by atoms with Gasteiger partial charge in [0, 0.05) is 12.8 Å². The summed E-state index contributed by atoms with van der Waals surface area (Å²) in [6.45, 7) is 6.14.